The Hall–Kier alpha value is -7.18. The number of rotatable bonds is 39. The lowest BCUT2D eigenvalue weighted by atomic mass is 9.84. The van der Waals surface area contributed by atoms with Crippen LogP contribution in [0.3, 0.4) is 0 Å². The topological polar surface area (TPSA) is 80.3 Å². The Morgan fingerprint density at radius 2 is 0.358 bits per heavy atom. The summed E-state index contributed by atoms with van der Waals surface area (Å²) in [6.07, 6.45) is 22.6. The molecule has 862 valence electrons. The van der Waals surface area contributed by atoms with Crippen LogP contribution in [0.15, 0.2) is 146 Å². The Bertz CT molecular complexity index is 3960. The molecule has 1 aliphatic heterocycles. The molecule has 10 nitrogen and oxygen atoms in total. The van der Waals surface area contributed by atoms with Gasteiger partial charge in [-0.05, 0) is 124 Å². The third-order valence-electron chi connectivity index (χ3n) is 22.2. The lowest BCUT2D eigenvalue weighted by Gasteiger charge is -2.41. The quantitative estimate of drug-likeness (QED) is 0.0275. The summed E-state index contributed by atoms with van der Waals surface area (Å²) in [6, 6.07) is 52.2. The van der Waals surface area contributed by atoms with Crippen molar-refractivity contribution in [1.29, 1.82) is 0 Å². The van der Waals surface area contributed by atoms with Crippen molar-refractivity contribution in [2.75, 3.05) is 150 Å². The van der Waals surface area contributed by atoms with Crippen LogP contribution in [0.5, 0.6) is 0 Å². The van der Waals surface area contributed by atoms with Crippen LogP contribution in [0.25, 0.3) is 22.3 Å². The van der Waals surface area contributed by atoms with E-state index in [-0.39, 0.29) is 0 Å². The van der Waals surface area contributed by atoms with Gasteiger partial charge in [0, 0.05) is 83.1 Å². The number of alkyl halides is 30. The minimum atomic E-state index is -7.57. The lowest BCUT2D eigenvalue weighted by Crippen LogP contribution is -2.71. The second-order valence-corrected chi connectivity index (χ2v) is 35.7. The Balaban J connectivity index is -0.000000511. The van der Waals surface area contributed by atoms with E-state index in [9.17, 15) is 132 Å². The van der Waals surface area contributed by atoms with E-state index in [1.165, 1.54) is 176 Å². The van der Waals surface area contributed by atoms with Crippen molar-refractivity contribution in [2.45, 2.75) is 309 Å². The van der Waals surface area contributed by atoms with Crippen molar-refractivity contribution >= 4 is 0 Å². The van der Waals surface area contributed by atoms with Gasteiger partial charge >= 0.3 is 88.8 Å². The van der Waals surface area contributed by atoms with Crippen LogP contribution in [0.2, 0.25) is 0 Å². The number of likely N-dealkylation sites (N-methyl/N-ethyl adjacent to an activating group) is 2. The summed E-state index contributed by atoms with van der Waals surface area (Å²) in [5.41, 5.74) is 16.1. The minimum absolute atomic E-state index is 0.293. The monoisotopic (exact) mass is 2190 g/mol. The van der Waals surface area contributed by atoms with Gasteiger partial charge in [0.25, 0.3) is 0 Å². The van der Waals surface area contributed by atoms with Crippen molar-refractivity contribution in [2.24, 2.45) is 11.8 Å². The molecule has 1 saturated carbocycles. The average Bonchev–Trinajstić information content (AvgIpc) is 0.712. The molecule has 148 heavy (non-hydrogen) atoms. The molecule has 2 aliphatic rings. The van der Waals surface area contributed by atoms with Gasteiger partial charge in [-0.1, -0.05) is 334 Å². The molecule has 0 atom stereocenters. The number of halogens is 30. The Morgan fingerprint density at radius 3 is 0.514 bits per heavy atom. The van der Waals surface area contributed by atoms with Gasteiger partial charge in [-0.2, -0.15) is 132 Å². The van der Waals surface area contributed by atoms with Gasteiger partial charge in [-0.25, -0.2) is 0 Å². The molecule has 0 N–H and O–H groups in total. The molecule has 6 aromatic rings. The fourth-order valence-corrected chi connectivity index (χ4v) is 12.0. The van der Waals surface area contributed by atoms with E-state index in [4.69, 9.17) is 0 Å². The third-order valence-corrected chi connectivity index (χ3v) is 22.2. The predicted molar refractivity (Wildman–Crippen MR) is 530 cm³/mol. The molecule has 40 heteroatoms. The maximum Gasteiger partial charge on any atom is 0.384 e. The van der Waals surface area contributed by atoms with Gasteiger partial charge in [0.15, 0.2) is 0 Å². The van der Waals surface area contributed by atoms with Crippen LogP contribution in [-0.2, 0) is 63.6 Å². The van der Waals surface area contributed by atoms with E-state index < -0.39 is 142 Å². The van der Waals surface area contributed by atoms with E-state index in [0.717, 1.165) is 51.7 Å². The number of ether oxygens (including phenoxy) is 8. The molecule has 1 aliphatic carbocycles. The second-order valence-electron chi connectivity index (χ2n) is 35.7. The fourth-order valence-electron chi connectivity index (χ4n) is 12.0. The van der Waals surface area contributed by atoms with Gasteiger partial charge in [0.2, 0.25) is 0 Å². The number of methoxy groups -OCH3 is 8. The molecule has 0 spiro atoms. The van der Waals surface area contributed by atoms with Crippen LogP contribution < -0.4 is 0 Å². The first-order valence-corrected chi connectivity index (χ1v) is 48.7. The standard InChI is InChI=1S/C16H18.C14H14.C10H10F12O2.C10H14.C8H10F8O2.C8H16.C8H10.C7H10F6O2.C6H10F4O2.C6H14N2.C6H14.C5H12.C4H10/c1-3-13-5-9-15(10-6-13)16-11-7-14(4-2)8-12-16;1-11-3-7-13(8-4-11)14-9-5-12(2)6-10-14;1-23-3-5(11,12)7(15,16)9(19,20)10(21,22)8(17,18)6(13,14)4-24-2;1-3-9-5-7-10(4-2)8-6-9;1-17-3-5(9,10)7(13,14)8(15,16)6(11,12)4-18-2;2*1-7-3-5-8(2)6-4-7;1-14-3-5(8,9)7(12,13)6(10,11)4-15-2;1-11-3-5(7,8)6(9,10)4-12-2;1-7-3-5-8(2)6-4-7;1-3-5-6-4-2;1-3-5-4-2;1-3-4-2/h5-12H,3-4H2,1-2H3;3-10H,1-2H3;3-4H2,1-2H3;5-8H,3-4H2,1-2H3;3-4H2,1-2H3;7-8H,3-6H2,1-2H3;3-6H,1-2H3;3-4H2,1-2H3;3-4H2,1-2H3;3-6H2,1-2H3;3-6H2,1-2H3;3-5H2,1-2H3;3-4H2,1-2H3. The van der Waals surface area contributed by atoms with Gasteiger partial charge < -0.3 is 47.7 Å². The van der Waals surface area contributed by atoms with E-state index >= 15 is 0 Å². The van der Waals surface area contributed by atoms with E-state index in [2.05, 4.69) is 318 Å². The molecule has 0 unspecified atom stereocenters. The number of hydrogen-bond acceptors (Lipinski definition) is 10. The maximum absolute atomic E-state index is 13.2. The summed E-state index contributed by atoms with van der Waals surface area (Å²) < 4.78 is 414. The Labute approximate surface area is 858 Å². The van der Waals surface area contributed by atoms with Gasteiger partial charge in [0.1, 0.15) is 52.9 Å². The van der Waals surface area contributed by atoms with Crippen LogP contribution in [-0.4, -0.2) is 249 Å². The lowest BCUT2D eigenvalue weighted by molar-refractivity contribution is -0.428. The van der Waals surface area contributed by atoms with E-state index in [1.807, 2.05) is 0 Å². The van der Waals surface area contributed by atoms with E-state index in [0.29, 0.717) is 42.7 Å². The molecule has 0 aromatic heterocycles. The number of aryl methyl sites for hydroxylation is 8. The van der Waals surface area contributed by atoms with Crippen LogP contribution in [0, 0.1) is 39.5 Å². The zero-order valence-electron chi connectivity index (χ0n) is 90.5. The summed E-state index contributed by atoms with van der Waals surface area (Å²) >= 11 is 0. The predicted octanol–water partition coefficient (Wildman–Crippen LogP) is 33.5. The summed E-state index contributed by atoms with van der Waals surface area (Å²) in [5.74, 6) is -86.8. The molecule has 2 fully saturated rings. The SMILES string of the molecule is CC1CCC(C)CC1.CCCC.CCCCC.CCCCCC.CCc1ccc(-c2ccc(CC)cc2)cc1.CCc1ccc(CC)cc1.CN1CCN(C)CC1.COCC(F)(F)C(F)(F)C(F)(F)C(F)(F)C(F)(F)C(F)(F)COC.COCC(F)(F)C(F)(F)C(F)(F)C(F)(F)COC.COCC(F)(F)C(F)(F)C(F)(F)COC.COCC(F)(F)C(F)(F)COC.Cc1ccc(-c2ccc(C)cc2)cc1.Cc1ccc(C)cc1. The molecular weight excluding hydrogens is 2020 g/mol. The first-order chi connectivity index (χ1) is 68.3. The summed E-state index contributed by atoms with van der Waals surface area (Å²) in [4.78, 5) is 4.72. The molecule has 1 heterocycles. The highest BCUT2D eigenvalue weighted by molar-refractivity contribution is 5.65. The van der Waals surface area contributed by atoms with E-state index in [1.54, 1.807) is 0 Å². The average molecular weight is 2190 g/mol. The molecule has 8 rings (SSSR count). The number of benzene rings is 6. The minimum Gasteiger partial charge on any atom is -0.378 e. The zero-order chi connectivity index (χ0) is 116. The fraction of sp³-hybridized carbons (Fsp3) is 0.667. The molecule has 1 saturated heterocycles. The highest BCUT2D eigenvalue weighted by Crippen LogP contribution is 2.61. The zero-order valence-corrected chi connectivity index (χ0v) is 90.5. The van der Waals surface area contributed by atoms with Crippen molar-refractivity contribution in [3.05, 3.63) is 190 Å². The van der Waals surface area contributed by atoms with Crippen molar-refractivity contribution < 1.29 is 170 Å². The Morgan fingerprint density at radius 1 is 0.209 bits per heavy atom. The molecule has 0 radical (unpaired) electrons. The van der Waals surface area contributed by atoms with Crippen molar-refractivity contribution in [3.8, 4) is 22.3 Å². The van der Waals surface area contributed by atoms with Gasteiger partial charge in [-0.15, -0.1) is 0 Å². The first kappa shape index (κ1) is 149. The highest BCUT2D eigenvalue weighted by atomic mass is 19.4. The first-order valence-electron chi connectivity index (χ1n) is 48.7. The number of hydrogen-bond donors (Lipinski definition) is 0. The van der Waals surface area contributed by atoms with Crippen LogP contribution >= 0.6 is 0 Å². The highest BCUT2D eigenvalue weighted by Gasteiger charge is 2.90. The number of unbranched alkanes of at least 4 members (excludes halogenated alkanes) is 6. The smallest absolute Gasteiger partial charge is 0.378 e. The summed E-state index contributed by atoms with van der Waals surface area (Å²) in [7, 11) is 9.28. The molecule has 0 amide bonds. The second kappa shape index (κ2) is 73.2. The summed E-state index contributed by atoms with van der Waals surface area (Å²) in [5, 5.41) is 0. The number of nitrogens with zero attached hydrogens (tertiary/aromatic N) is 2. The molecular formula is C108H162F30N2O8. The largest absolute Gasteiger partial charge is 0.384 e. The van der Waals surface area contributed by atoms with Crippen molar-refractivity contribution in [1.82, 2.24) is 9.80 Å². The normalized spacial score (nSPS) is 14.6. The van der Waals surface area contributed by atoms with Gasteiger partial charge in [-0.3, -0.25) is 0 Å². The number of piperazine rings is 1. The van der Waals surface area contributed by atoms with Crippen LogP contribution in [0.4, 0.5) is 132 Å². The van der Waals surface area contributed by atoms with Crippen molar-refractivity contribution in [3.63, 3.8) is 0 Å². The molecule has 0 bridgehead atoms. The maximum atomic E-state index is 13.2. The van der Waals surface area contributed by atoms with Crippen LogP contribution in [0.1, 0.15) is 211 Å². The summed E-state index contributed by atoms with van der Waals surface area (Å²) in [6.45, 7) is 24.5. The van der Waals surface area contributed by atoms with Gasteiger partial charge in [0.05, 0.1) is 0 Å². The third kappa shape index (κ3) is 51.7. The Kier molecular flexibility index (Phi) is 73.8. The molecule has 6 aromatic carbocycles.